The van der Waals surface area contributed by atoms with Crippen LogP contribution >= 0.6 is 0 Å². The minimum absolute atomic E-state index is 0.0438. The quantitative estimate of drug-likeness (QED) is 0.358. The number of aromatic nitrogens is 1. The second kappa shape index (κ2) is 12.4. The summed E-state index contributed by atoms with van der Waals surface area (Å²) in [6.07, 6.45) is 5.54. The van der Waals surface area contributed by atoms with Crippen molar-refractivity contribution < 1.29 is 29.0 Å². The van der Waals surface area contributed by atoms with Crippen molar-refractivity contribution in [3.63, 3.8) is 0 Å². The SMILES string of the molecule is CCCCN(C(=O)CN1C[C@H](c2ccc3c(c2)OCO3)[C@@H](C(=O)O)[C@@H]1CCN1Cc2ccccc2C1=O)c1cccnc1. The number of amides is 2. The number of pyridine rings is 1. The van der Waals surface area contributed by atoms with E-state index in [0.717, 1.165) is 29.7 Å². The maximum Gasteiger partial charge on any atom is 0.308 e. The Hall–Kier alpha value is -4.44. The molecule has 1 aromatic heterocycles. The first-order chi connectivity index (χ1) is 20.9. The maximum atomic E-state index is 13.9. The zero-order chi connectivity index (χ0) is 29.9. The molecule has 10 heteroatoms. The number of ether oxygens (including phenoxy) is 2. The van der Waals surface area contributed by atoms with Gasteiger partial charge in [-0.15, -0.1) is 0 Å². The summed E-state index contributed by atoms with van der Waals surface area (Å²) in [4.78, 5) is 49.7. The van der Waals surface area contributed by atoms with Gasteiger partial charge in [0.15, 0.2) is 11.5 Å². The predicted octanol–water partition coefficient (Wildman–Crippen LogP) is 4.16. The van der Waals surface area contributed by atoms with Crippen LogP contribution in [0.3, 0.4) is 0 Å². The van der Waals surface area contributed by atoms with Crippen molar-refractivity contribution in [1.29, 1.82) is 0 Å². The van der Waals surface area contributed by atoms with Crippen molar-refractivity contribution in [2.45, 2.75) is 44.7 Å². The lowest BCUT2D eigenvalue weighted by molar-refractivity contribution is -0.143. The topological polar surface area (TPSA) is 113 Å². The number of carbonyl (C=O) groups is 3. The lowest BCUT2D eigenvalue weighted by Crippen LogP contribution is -2.45. The summed E-state index contributed by atoms with van der Waals surface area (Å²) in [6, 6.07) is 16.3. The van der Waals surface area contributed by atoms with E-state index in [2.05, 4.69) is 11.9 Å². The van der Waals surface area contributed by atoms with Gasteiger partial charge in [-0.25, -0.2) is 0 Å². The molecule has 1 N–H and O–H groups in total. The summed E-state index contributed by atoms with van der Waals surface area (Å²) in [7, 11) is 0. The highest BCUT2D eigenvalue weighted by Gasteiger charge is 2.47. The van der Waals surface area contributed by atoms with Crippen molar-refractivity contribution in [1.82, 2.24) is 14.8 Å². The van der Waals surface area contributed by atoms with Crippen molar-refractivity contribution in [3.05, 3.63) is 83.7 Å². The number of hydrogen-bond donors (Lipinski definition) is 1. The number of likely N-dealkylation sites (tertiary alicyclic amines) is 1. The van der Waals surface area contributed by atoms with E-state index in [4.69, 9.17) is 9.47 Å². The van der Waals surface area contributed by atoms with Gasteiger partial charge in [0, 0.05) is 49.9 Å². The summed E-state index contributed by atoms with van der Waals surface area (Å²) < 4.78 is 11.1. The largest absolute Gasteiger partial charge is 0.481 e. The molecule has 2 amide bonds. The molecule has 3 aliphatic heterocycles. The third kappa shape index (κ3) is 5.79. The molecular weight excluding hydrogens is 548 g/mol. The highest BCUT2D eigenvalue weighted by molar-refractivity contribution is 5.98. The molecule has 0 spiro atoms. The maximum absolute atomic E-state index is 13.9. The average Bonchev–Trinajstić information content (AvgIpc) is 3.72. The second-order valence-electron chi connectivity index (χ2n) is 11.4. The third-order valence-corrected chi connectivity index (χ3v) is 8.78. The van der Waals surface area contributed by atoms with Gasteiger partial charge in [0.1, 0.15) is 0 Å². The van der Waals surface area contributed by atoms with Crippen molar-refractivity contribution in [3.8, 4) is 11.5 Å². The van der Waals surface area contributed by atoms with Crippen LogP contribution in [-0.2, 0) is 16.1 Å². The molecule has 224 valence electrons. The lowest BCUT2D eigenvalue weighted by atomic mass is 9.84. The molecular formula is C33H36N4O6. The number of benzene rings is 2. The molecule has 6 rings (SSSR count). The van der Waals surface area contributed by atoms with Crippen LogP contribution in [0, 0.1) is 5.92 Å². The van der Waals surface area contributed by atoms with E-state index in [-0.39, 0.29) is 31.1 Å². The minimum Gasteiger partial charge on any atom is -0.481 e. The van der Waals surface area contributed by atoms with Gasteiger partial charge in [0.25, 0.3) is 5.91 Å². The van der Waals surface area contributed by atoms with Gasteiger partial charge in [-0.2, -0.15) is 0 Å². The van der Waals surface area contributed by atoms with Crippen LogP contribution < -0.4 is 14.4 Å². The van der Waals surface area contributed by atoms with E-state index in [1.807, 2.05) is 53.4 Å². The predicted molar refractivity (Wildman–Crippen MR) is 159 cm³/mol. The summed E-state index contributed by atoms with van der Waals surface area (Å²) in [6.45, 7) is 4.08. The summed E-state index contributed by atoms with van der Waals surface area (Å²) in [5.41, 5.74) is 3.22. The van der Waals surface area contributed by atoms with Gasteiger partial charge in [-0.05, 0) is 54.3 Å². The molecule has 2 aromatic carbocycles. The van der Waals surface area contributed by atoms with Crippen molar-refractivity contribution in [2.75, 3.05) is 37.9 Å². The van der Waals surface area contributed by atoms with Crippen LogP contribution in [0.25, 0.3) is 0 Å². The number of unbranched alkanes of at least 4 members (excludes halogenated alkanes) is 1. The number of carboxylic acids is 1. The molecule has 0 unspecified atom stereocenters. The number of carboxylic acid groups (broad SMARTS) is 1. The Morgan fingerprint density at radius 3 is 2.70 bits per heavy atom. The Morgan fingerprint density at radius 2 is 1.93 bits per heavy atom. The van der Waals surface area contributed by atoms with Gasteiger partial charge >= 0.3 is 5.97 Å². The Balaban J connectivity index is 1.28. The Morgan fingerprint density at radius 1 is 1.09 bits per heavy atom. The van der Waals surface area contributed by atoms with Crippen LogP contribution in [0.1, 0.15) is 53.6 Å². The normalized spacial score (nSPS) is 20.8. The number of fused-ring (bicyclic) bond motifs is 2. The molecule has 0 saturated carbocycles. The third-order valence-electron chi connectivity index (χ3n) is 8.78. The van der Waals surface area contributed by atoms with Gasteiger partial charge in [-0.3, -0.25) is 24.3 Å². The van der Waals surface area contributed by atoms with Crippen LogP contribution in [0.15, 0.2) is 67.0 Å². The molecule has 3 aromatic rings. The van der Waals surface area contributed by atoms with Crippen molar-refractivity contribution >= 4 is 23.5 Å². The van der Waals surface area contributed by atoms with E-state index < -0.39 is 17.9 Å². The van der Waals surface area contributed by atoms with E-state index in [1.54, 1.807) is 28.3 Å². The summed E-state index contributed by atoms with van der Waals surface area (Å²) >= 11 is 0. The Kier molecular flexibility index (Phi) is 8.29. The molecule has 1 fully saturated rings. The molecule has 43 heavy (non-hydrogen) atoms. The highest BCUT2D eigenvalue weighted by atomic mass is 16.7. The van der Waals surface area contributed by atoms with Crippen LogP contribution in [-0.4, -0.2) is 76.7 Å². The molecule has 4 heterocycles. The second-order valence-corrected chi connectivity index (χ2v) is 11.4. The van der Waals surface area contributed by atoms with E-state index in [9.17, 15) is 19.5 Å². The zero-order valence-electron chi connectivity index (χ0n) is 24.2. The van der Waals surface area contributed by atoms with Gasteiger partial charge in [0.2, 0.25) is 12.7 Å². The summed E-state index contributed by atoms with van der Waals surface area (Å²) in [5.74, 6) is -1.00. The summed E-state index contributed by atoms with van der Waals surface area (Å²) in [5, 5.41) is 10.6. The first-order valence-electron chi connectivity index (χ1n) is 14.9. The van der Waals surface area contributed by atoms with Gasteiger partial charge < -0.3 is 24.4 Å². The number of nitrogens with zero attached hydrogens (tertiary/aromatic N) is 4. The average molecular weight is 585 g/mol. The fourth-order valence-corrected chi connectivity index (χ4v) is 6.60. The lowest BCUT2D eigenvalue weighted by Gasteiger charge is -2.30. The van der Waals surface area contributed by atoms with Gasteiger partial charge in [-0.1, -0.05) is 37.6 Å². The fraction of sp³-hybridized carbons (Fsp3) is 0.394. The monoisotopic (exact) mass is 584 g/mol. The Labute approximate surface area is 250 Å². The molecule has 1 saturated heterocycles. The van der Waals surface area contributed by atoms with E-state index in [0.29, 0.717) is 49.7 Å². The number of hydrogen-bond acceptors (Lipinski definition) is 7. The molecule has 0 radical (unpaired) electrons. The molecule has 10 nitrogen and oxygen atoms in total. The number of aliphatic carboxylic acids is 1. The van der Waals surface area contributed by atoms with E-state index >= 15 is 0 Å². The molecule has 3 atom stereocenters. The zero-order valence-corrected chi connectivity index (χ0v) is 24.2. The number of carbonyl (C=O) groups excluding carboxylic acids is 2. The number of rotatable bonds is 11. The standard InChI is InChI=1S/C33H36N4O6/c1-2-3-14-37(24-8-6-13-34-17-24)30(38)20-36-19-26(22-10-11-28-29(16-22)43-21-42-28)31(33(40)41)27(36)12-15-35-18-23-7-4-5-9-25(23)32(35)39/h4-11,13,16-17,26-27,31H,2-3,12,14-15,18-21H2,1H3,(H,40,41)/t26-,27+,31-/m1/s1. The highest BCUT2D eigenvalue weighted by Crippen LogP contribution is 2.43. The molecule has 3 aliphatic rings. The van der Waals surface area contributed by atoms with Crippen LogP contribution in [0.2, 0.25) is 0 Å². The van der Waals surface area contributed by atoms with Crippen molar-refractivity contribution in [2.24, 2.45) is 5.92 Å². The smallest absolute Gasteiger partial charge is 0.308 e. The molecule has 0 bridgehead atoms. The fourth-order valence-electron chi connectivity index (χ4n) is 6.60. The first-order valence-corrected chi connectivity index (χ1v) is 14.9. The van der Waals surface area contributed by atoms with Crippen LogP contribution in [0.5, 0.6) is 11.5 Å². The Bertz CT molecular complexity index is 1500. The first kappa shape index (κ1) is 28.7. The molecule has 0 aliphatic carbocycles. The van der Waals surface area contributed by atoms with E-state index in [1.165, 1.54) is 0 Å². The number of anilines is 1. The van der Waals surface area contributed by atoms with Crippen LogP contribution in [0.4, 0.5) is 5.69 Å². The minimum atomic E-state index is -0.922. The van der Waals surface area contributed by atoms with Gasteiger partial charge in [0.05, 0.1) is 24.3 Å².